The maximum Gasteiger partial charge on any atom is 0.259 e. The van der Waals surface area contributed by atoms with E-state index in [1.807, 2.05) is 0 Å². The number of carbonyl (C=O) groups is 1. The molecule has 0 atom stereocenters. The monoisotopic (exact) mass is 253 g/mol. The number of aromatic amines is 1. The van der Waals surface area contributed by atoms with Crippen molar-refractivity contribution >= 4 is 27.5 Å². The maximum absolute atomic E-state index is 11.4. The Morgan fingerprint density at radius 3 is 3.18 bits per heavy atom. The highest BCUT2D eigenvalue weighted by molar-refractivity contribution is 7.18. The molecule has 2 aromatic rings. The SMILES string of the molecule is COCC(=O)NCc1cc2c(=O)[nH]cnc2s1. The van der Waals surface area contributed by atoms with Crippen LogP contribution in [0.25, 0.3) is 10.2 Å². The fourth-order valence-corrected chi connectivity index (χ4v) is 2.31. The van der Waals surface area contributed by atoms with Gasteiger partial charge in [-0.1, -0.05) is 0 Å². The van der Waals surface area contributed by atoms with E-state index in [9.17, 15) is 9.59 Å². The van der Waals surface area contributed by atoms with E-state index in [0.717, 1.165) is 4.88 Å². The van der Waals surface area contributed by atoms with E-state index in [1.54, 1.807) is 6.07 Å². The quantitative estimate of drug-likeness (QED) is 0.818. The smallest absolute Gasteiger partial charge is 0.259 e. The fourth-order valence-electron chi connectivity index (χ4n) is 1.37. The van der Waals surface area contributed by atoms with Gasteiger partial charge in [-0.2, -0.15) is 0 Å². The van der Waals surface area contributed by atoms with Gasteiger partial charge in [0.25, 0.3) is 5.56 Å². The van der Waals surface area contributed by atoms with Crippen LogP contribution in [-0.4, -0.2) is 29.6 Å². The number of nitrogens with one attached hydrogen (secondary N) is 2. The lowest BCUT2D eigenvalue weighted by atomic mass is 10.3. The molecule has 7 heteroatoms. The van der Waals surface area contributed by atoms with E-state index in [0.29, 0.717) is 16.8 Å². The van der Waals surface area contributed by atoms with E-state index >= 15 is 0 Å². The van der Waals surface area contributed by atoms with Crippen molar-refractivity contribution in [3.8, 4) is 0 Å². The summed E-state index contributed by atoms with van der Waals surface area (Å²) in [6.45, 7) is 0.409. The Labute approximate surface area is 101 Å². The first kappa shape index (κ1) is 11.7. The Bertz CT molecular complexity index is 590. The van der Waals surface area contributed by atoms with Gasteiger partial charge < -0.3 is 15.0 Å². The average Bonchev–Trinajstić information content (AvgIpc) is 2.71. The lowest BCUT2D eigenvalue weighted by Gasteiger charge is -2.01. The Morgan fingerprint density at radius 1 is 1.65 bits per heavy atom. The van der Waals surface area contributed by atoms with Gasteiger partial charge in [0.05, 0.1) is 18.3 Å². The number of hydrogen-bond donors (Lipinski definition) is 2. The number of H-pyrrole nitrogens is 1. The minimum absolute atomic E-state index is 0.0315. The Kier molecular flexibility index (Phi) is 3.50. The maximum atomic E-state index is 11.4. The molecule has 2 heterocycles. The van der Waals surface area contributed by atoms with E-state index in [2.05, 4.69) is 15.3 Å². The molecule has 0 unspecified atom stereocenters. The molecule has 2 N–H and O–H groups in total. The predicted molar refractivity (Wildman–Crippen MR) is 64.0 cm³/mol. The molecule has 0 radical (unpaired) electrons. The normalized spacial score (nSPS) is 10.6. The lowest BCUT2D eigenvalue weighted by molar-refractivity contribution is -0.124. The first-order valence-corrected chi connectivity index (χ1v) is 5.74. The first-order chi connectivity index (χ1) is 8.20. The Morgan fingerprint density at radius 2 is 2.47 bits per heavy atom. The molecule has 0 aromatic carbocycles. The number of fused-ring (bicyclic) bond motifs is 1. The van der Waals surface area contributed by atoms with E-state index < -0.39 is 0 Å². The van der Waals surface area contributed by atoms with Crippen LogP contribution in [0, 0.1) is 0 Å². The second kappa shape index (κ2) is 5.07. The van der Waals surface area contributed by atoms with Gasteiger partial charge in [-0.15, -0.1) is 11.3 Å². The number of nitrogens with zero attached hydrogens (tertiary/aromatic N) is 1. The highest BCUT2D eigenvalue weighted by Gasteiger charge is 2.07. The van der Waals surface area contributed by atoms with Gasteiger partial charge in [0.1, 0.15) is 11.4 Å². The zero-order chi connectivity index (χ0) is 12.3. The molecule has 0 aliphatic carbocycles. The van der Waals surface area contributed by atoms with Crippen LogP contribution in [0.4, 0.5) is 0 Å². The fraction of sp³-hybridized carbons (Fsp3) is 0.300. The minimum atomic E-state index is -0.188. The van der Waals surface area contributed by atoms with Crippen LogP contribution in [0.1, 0.15) is 4.88 Å². The van der Waals surface area contributed by atoms with E-state index in [4.69, 9.17) is 4.74 Å². The summed E-state index contributed by atoms with van der Waals surface area (Å²) >= 11 is 1.38. The Hall–Kier alpha value is -1.73. The predicted octanol–water partition coefficient (Wildman–Crippen LogP) is 0.247. The van der Waals surface area contributed by atoms with Gasteiger partial charge in [0.2, 0.25) is 5.91 Å². The molecule has 0 saturated carbocycles. The van der Waals surface area contributed by atoms with Crippen LogP contribution < -0.4 is 10.9 Å². The third kappa shape index (κ3) is 2.69. The molecule has 0 saturated heterocycles. The van der Waals surface area contributed by atoms with Crippen LogP contribution in [0.15, 0.2) is 17.2 Å². The number of methoxy groups -OCH3 is 1. The van der Waals surface area contributed by atoms with Gasteiger partial charge in [0, 0.05) is 12.0 Å². The van der Waals surface area contributed by atoms with Crippen molar-refractivity contribution in [3.05, 3.63) is 27.6 Å². The molecule has 2 aromatic heterocycles. The van der Waals surface area contributed by atoms with Crippen molar-refractivity contribution in [1.29, 1.82) is 0 Å². The van der Waals surface area contributed by atoms with Crippen molar-refractivity contribution in [2.24, 2.45) is 0 Å². The third-order valence-corrected chi connectivity index (χ3v) is 3.16. The van der Waals surface area contributed by atoms with Crippen molar-refractivity contribution in [2.45, 2.75) is 6.54 Å². The largest absolute Gasteiger partial charge is 0.375 e. The Balaban J connectivity index is 2.12. The van der Waals surface area contributed by atoms with Crippen molar-refractivity contribution in [1.82, 2.24) is 15.3 Å². The van der Waals surface area contributed by atoms with Gasteiger partial charge in [-0.3, -0.25) is 9.59 Å². The molecule has 0 spiro atoms. The molecule has 0 fully saturated rings. The number of amides is 1. The topological polar surface area (TPSA) is 84.1 Å². The van der Waals surface area contributed by atoms with Crippen molar-refractivity contribution in [3.63, 3.8) is 0 Å². The molecule has 0 aliphatic rings. The zero-order valence-electron chi connectivity index (χ0n) is 9.15. The molecular weight excluding hydrogens is 242 g/mol. The van der Waals surface area contributed by atoms with Crippen molar-refractivity contribution < 1.29 is 9.53 Å². The average molecular weight is 253 g/mol. The third-order valence-electron chi connectivity index (χ3n) is 2.12. The standard InChI is InChI=1S/C10H11N3O3S/c1-16-4-8(14)11-3-6-2-7-9(15)12-5-13-10(7)17-6/h2,5H,3-4H2,1H3,(H,11,14)(H,12,13,15). The minimum Gasteiger partial charge on any atom is -0.375 e. The summed E-state index contributed by atoms with van der Waals surface area (Å²) in [5.41, 5.74) is -0.166. The van der Waals surface area contributed by atoms with Crippen LogP contribution in [0.3, 0.4) is 0 Å². The van der Waals surface area contributed by atoms with Crippen LogP contribution >= 0.6 is 11.3 Å². The zero-order valence-corrected chi connectivity index (χ0v) is 9.97. The highest BCUT2D eigenvalue weighted by atomic mass is 32.1. The first-order valence-electron chi connectivity index (χ1n) is 4.92. The summed E-state index contributed by atoms with van der Waals surface area (Å²) in [5.74, 6) is -0.188. The summed E-state index contributed by atoms with van der Waals surface area (Å²) in [4.78, 5) is 30.7. The molecule has 17 heavy (non-hydrogen) atoms. The van der Waals surface area contributed by atoms with Crippen LogP contribution in [0.2, 0.25) is 0 Å². The van der Waals surface area contributed by atoms with Gasteiger partial charge >= 0.3 is 0 Å². The highest BCUT2D eigenvalue weighted by Crippen LogP contribution is 2.19. The summed E-state index contributed by atoms with van der Waals surface area (Å²) in [5, 5.41) is 3.24. The second-order valence-electron chi connectivity index (χ2n) is 3.37. The van der Waals surface area contributed by atoms with Crippen molar-refractivity contribution in [2.75, 3.05) is 13.7 Å². The molecule has 2 rings (SSSR count). The lowest BCUT2D eigenvalue weighted by Crippen LogP contribution is -2.26. The van der Waals surface area contributed by atoms with Crippen LogP contribution in [0.5, 0.6) is 0 Å². The summed E-state index contributed by atoms with van der Waals surface area (Å²) < 4.78 is 4.69. The van der Waals surface area contributed by atoms with Crippen LogP contribution in [-0.2, 0) is 16.1 Å². The number of aromatic nitrogens is 2. The molecule has 90 valence electrons. The van der Waals surface area contributed by atoms with Gasteiger partial charge in [-0.25, -0.2) is 4.98 Å². The van der Waals surface area contributed by atoms with E-state index in [-0.39, 0.29) is 18.1 Å². The second-order valence-corrected chi connectivity index (χ2v) is 4.49. The van der Waals surface area contributed by atoms with Gasteiger partial charge in [0.15, 0.2) is 0 Å². The van der Waals surface area contributed by atoms with E-state index in [1.165, 1.54) is 24.8 Å². The summed E-state index contributed by atoms with van der Waals surface area (Å²) in [6.07, 6.45) is 1.37. The summed E-state index contributed by atoms with van der Waals surface area (Å²) in [7, 11) is 1.46. The number of ether oxygens (including phenoxy) is 1. The molecule has 6 nitrogen and oxygen atoms in total. The molecule has 0 aliphatic heterocycles. The van der Waals surface area contributed by atoms with Gasteiger partial charge in [-0.05, 0) is 6.07 Å². The molecule has 1 amide bonds. The molecule has 0 bridgehead atoms. The number of hydrogen-bond acceptors (Lipinski definition) is 5. The number of rotatable bonds is 4. The number of carbonyl (C=O) groups excluding carboxylic acids is 1. The number of thiophene rings is 1. The summed E-state index contributed by atoms with van der Waals surface area (Å²) in [6, 6.07) is 1.74. The molecular formula is C10H11N3O3S.